The number of imidazole rings is 1. The lowest BCUT2D eigenvalue weighted by molar-refractivity contribution is 0.453. The van der Waals surface area contributed by atoms with E-state index >= 15 is 0 Å². The molecular formula is C17H15N5O2. The second-order valence-corrected chi connectivity index (χ2v) is 5.55. The van der Waals surface area contributed by atoms with Gasteiger partial charge >= 0.3 is 0 Å². The lowest BCUT2D eigenvalue weighted by Crippen LogP contribution is -2.21. The summed E-state index contributed by atoms with van der Waals surface area (Å²) in [5.74, 6) is 1.23. The van der Waals surface area contributed by atoms with Crippen molar-refractivity contribution in [3.8, 4) is 5.69 Å². The number of para-hydroxylation sites is 1. The van der Waals surface area contributed by atoms with Crippen LogP contribution in [0.4, 0.5) is 0 Å². The fraction of sp³-hybridized carbons (Fsp3) is 0.176. The Morgan fingerprint density at radius 3 is 2.58 bits per heavy atom. The average molecular weight is 321 g/mol. The van der Waals surface area contributed by atoms with Crippen LogP contribution in [0.25, 0.3) is 16.9 Å². The quantitative estimate of drug-likeness (QED) is 0.578. The van der Waals surface area contributed by atoms with Gasteiger partial charge in [-0.1, -0.05) is 18.2 Å². The minimum atomic E-state index is -0.219. The third kappa shape index (κ3) is 2.30. The van der Waals surface area contributed by atoms with E-state index in [0.29, 0.717) is 17.1 Å². The number of aromatic nitrogens is 5. The average Bonchev–Trinajstić information content (AvgIpc) is 3.15. The summed E-state index contributed by atoms with van der Waals surface area (Å²) in [6.45, 7) is 3.94. The van der Waals surface area contributed by atoms with Gasteiger partial charge in [-0.25, -0.2) is 15.0 Å². The molecule has 0 amide bonds. The molecule has 4 rings (SSSR count). The molecule has 0 saturated carbocycles. The molecule has 0 aliphatic rings. The fourth-order valence-electron chi connectivity index (χ4n) is 2.57. The van der Waals surface area contributed by atoms with Crippen molar-refractivity contribution in [3.05, 3.63) is 70.7 Å². The molecule has 7 heteroatoms. The van der Waals surface area contributed by atoms with Crippen LogP contribution < -0.4 is 5.56 Å². The molecule has 1 aromatic carbocycles. The molecular weight excluding hydrogens is 306 g/mol. The Kier molecular flexibility index (Phi) is 3.26. The van der Waals surface area contributed by atoms with Gasteiger partial charge in [0.1, 0.15) is 25.0 Å². The number of nitrogens with zero attached hydrogens (tertiary/aromatic N) is 5. The summed E-state index contributed by atoms with van der Waals surface area (Å²) in [6.07, 6.45) is 3.11. The molecule has 0 unspecified atom stereocenters. The monoisotopic (exact) mass is 321 g/mol. The number of rotatable bonds is 3. The highest BCUT2D eigenvalue weighted by Gasteiger charge is 2.13. The van der Waals surface area contributed by atoms with Gasteiger partial charge in [-0.05, 0) is 26.0 Å². The van der Waals surface area contributed by atoms with Crippen molar-refractivity contribution in [2.45, 2.75) is 20.4 Å². The van der Waals surface area contributed by atoms with Crippen LogP contribution in [0, 0.1) is 13.8 Å². The summed E-state index contributed by atoms with van der Waals surface area (Å²) in [6, 6.07) is 9.66. The number of hydrogen-bond donors (Lipinski definition) is 0. The number of fused-ring (bicyclic) bond motifs is 1. The predicted molar refractivity (Wildman–Crippen MR) is 88.2 cm³/mol. The van der Waals surface area contributed by atoms with Crippen molar-refractivity contribution in [1.29, 1.82) is 0 Å². The second-order valence-electron chi connectivity index (χ2n) is 5.55. The third-order valence-electron chi connectivity index (χ3n) is 3.94. The van der Waals surface area contributed by atoms with E-state index in [0.717, 1.165) is 17.1 Å². The summed E-state index contributed by atoms with van der Waals surface area (Å²) < 4.78 is 8.78. The van der Waals surface area contributed by atoms with Gasteiger partial charge in [-0.2, -0.15) is 0 Å². The van der Waals surface area contributed by atoms with Crippen LogP contribution in [-0.4, -0.2) is 24.1 Å². The highest BCUT2D eigenvalue weighted by Crippen LogP contribution is 2.14. The van der Waals surface area contributed by atoms with Crippen molar-refractivity contribution in [2.24, 2.45) is 0 Å². The standard InChI is InChI=1S/C17H15N5O2/c1-11-12(2)24-14(20-11)8-21-9-19-16-15(17(21)23)18-10-22(16)13-6-4-3-5-7-13/h3-7,9-10H,8H2,1-2H3. The molecule has 3 aromatic heterocycles. The smallest absolute Gasteiger partial charge is 0.282 e. The molecule has 7 nitrogen and oxygen atoms in total. The van der Waals surface area contributed by atoms with Crippen LogP contribution in [0.15, 0.2) is 52.2 Å². The minimum Gasteiger partial charge on any atom is -0.444 e. The Morgan fingerprint density at radius 2 is 1.88 bits per heavy atom. The first kappa shape index (κ1) is 14.4. The Bertz CT molecular complexity index is 1060. The zero-order valence-corrected chi connectivity index (χ0v) is 13.3. The van der Waals surface area contributed by atoms with E-state index < -0.39 is 0 Å². The molecule has 24 heavy (non-hydrogen) atoms. The summed E-state index contributed by atoms with van der Waals surface area (Å²) in [5.41, 5.74) is 2.36. The summed E-state index contributed by atoms with van der Waals surface area (Å²) >= 11 is 0. The molecule has 0 bridgehead atoms. The van der Waals surface area contributed by atoms with Gasteiger partial charge in [-0.3, -0.25) is 13.9 Å². The zero-order valence-electron chi connectivity index (χ0n) is 13.3. The van der Waals surface area contributed by atoms with E-state index in [2.05, 4.69) is 15.0 Å². The molecule has 0 spiro atoms. The third-order valence-corrected chi connectivity index (χ3v) is 3.94. The lowest BCUT2D eigenvalue weighted by atomic mass is 10.3. The van der Waals surface area contributed by atoms with E-state index in [-0.39, 0.29) is 12.1 Å². The van der Waals surface area contributed by atoms with Crippen LogP contribution in [-0.2, 0) is 6.54 Å². The van der Waals surface area contributed by atoms with Crippen LogP contribution >= 0.6 is 0 Å². The largest absolute Gasteiger partial charge is 0.444 e. The normalized spacial score (nSPS) is 11.2. The maximum absolute atomic E-state index is 12.6. The van der Waals surface area contributed by atoms with E-state index in [1.165, 1.54) is 10.9 Å². The molecule has 0 fully saturated rings. The van der Waals surface area contributed by atoms with E-state index in [4.69, 9.17) is 4.42 Å². The SMILES string of the molecule is Cc1nc(Cn2cnc3c(ncn3-c3ccccc3)c2=O)oc1C. The zero-order chi connectivity index (χ0) is 16.7. The van der Waals surface area contributed by atoms with Gasteiger partial charge in [0.25, 0.3) is 5.56 Å². The minimum absolute atomic E-state index is 0.219. The summed E-state index contributed by atoms with van der Waals surface area (Å²) in [4.78, 5) is 25.6. The number of aryl methyl sites for hydroxylation is 2. The molecule has 120 valence electrons. The highest BCUT2D eigenvalue weighted by atomic mass is 16.4. The Labute approximate surface area is 137 Å². The molecule has 0 radical (unpaired) electrons. The van der Waals surface area contributed by atoms with Crippen molar-refractivity contribution in [3.63, 3.8) is 0 Å². The summed E-state index contributed by atoms with van der Waals surface area (Å²) in [7, 11) is 0. The first-order valence-corrected chi connectivity index (χ1v) is 7.54. The van der Waals surface area contributed by atoms with Crippen molar-refractivity contribution in [1.82, 2.24) is 24.1 Å². The van der Waals surface area contributed by atoms with Crippen molar-refractivity contribution < 1.29 is 4.42 Å². The molecule has 3 heterocycles. The van der Waals surface area contributed by atoms with Gasteiger partial charge in [0, 0.05) is 5.69 Å². The molecule has 0 saturated heterocycles. The molecule has 4 aromatic rings. The van der Waals surface area contributed by atoms with E-state index in [9.17, 15) is 4.79 Å². The van der Waals surface area contributed by atoms with Crippen molar-refractivity contribution >= 4 is 11.2 Å². The van der Waals surface area contributed by atoms with Gasteiger partial charge in [0.15, 0.2) is 11.2 Å². The van der Waals surface area contributed by atoms with Crippen molar-refractivity contribution in [2.75, 3.05) is 0 Å². The number of hydrogen-bond acceptors (Lipinski definition) is 5. The maximum Gasteiger partial charge on any atom is 0.282 e. The van der Waals surface area contributed by atoms with Gasteiger partial charge in [0.05, 0.1) is 5.69 Å². The number of benzene rings is 1. The predicted octanol–water partition coefficient (Wildman–Crippen LogP) is 2.24. The first-order chi connectivity index (χ1) is 11.6. The second kappa shape index (κ2) is 5.45. The van der Waals surface area contributed by atoms with Gasteiger partial charge in [-0.15, -0.1) is 0 Å². The topological polar surface area (TPSA) is 78.7 Å². The molecule has 0 aliphatic heterocycles. The summed E-state index contributed by atoms with van der Waals surface area (Å²) in [5, 5.41) is 0. The Hall–Kier alpha value is -3.22. The van der Waals surface area contributed by atoms with E-state index in [1.807, 2.05) is 44.2 Å². The van der Waals surface area contributed by atoms with Gasteiger partial charge < -0.3 is 4.42 Å². The van der Waals surface area contributed by atoms with E-state index in [1.54, 1.807) is 10.9 Å². The fourth-order valence-corrected chi connectivity index (χ4v) is 2.57. The Morgan fingerprint density at radius 1 is 1.08 bits per heavy atom. The van der Waals surface area contributed by atoms with Crippen LogP contribution in [0.2, 0.25) is 0 Å². The number of oxazole rings is 1. The van der Waals surface area contributed by atoms with Gasteiger partial charge in [0.2, 0.25) is 5.89 Å². The highest BCUT2D eigenvalue weighted by molar-refractivity contribution is 5.71. The van der Waals surface area contributed by atoms with Crippen LogP contribution in [0.5, 0.6) is 0 Å². The maximum atomic E-state index is 12.6. The Balaban J connectivity index is 1.78. The first-order valence-electron chi connectivity index (χ1n) is 7.54. The molecule has 0 atom stereocenters. The van der Waals surface area contributed by atoms with Crippen LogP contribution in [0.3, 0.4) is 0 Å². The van der Waals surface area contributed by atoms with Crippen LogP contribution in [0.1, 0.15) is 17.3 Å². The lowest BCUT2D eigenvalue weighted by Gasteiger charge is -2.04. The molecule has 0 N–H and O–H groups in total. The molecule has 0 aliphatic carbocycles.